The van der Waals surface area contributed by atoms with Gasteiger partial charge in [-0.05, 0) is 50.3 Å². The number of carbonyl (C=O) groups excluding carboxylic acids is 1. The topological polar surface area (TPSA) is 62.5 Å². The van der Waals surface area contributed by atoms with Gasteiger partial charge < -0.3 is 10.2 Å². The van der Waals surface area contributed by atoms with Crippen LogP contribution in [-0.4, -0.2) is 33.6 Å². The maximum absolute atomic E-state index is 12.8. The number of amides is 1. The molecule has 1 N–H and O–H groups in total. The summed E-state index contributed by atoms with van der Waals surface area (Å²) in [5, 5.41) is 7.44. The lowest BCUT2D eigenvalue weighted by Gasteiger charge is -2.29. The largest absolute Gasteiger partial charge is 0.356 e. The molecule has 3 aromatic rings. The number of aryl methyl sites for hydroxylation is 2. The molecule has 1 fully saturated rings. The van der Waals surface area contributed by atoms with E-state index in [1.165, 1.54) is 24.8 Å². The summed E-state index contributed by atoms with van der Waals surface area (Å²) in [5.74, 6) is 0.834. The van der Waals surface area contributed by atoms with Crippen molar-refractivity contribution in [2.45, 2.75) is 39.5 Å². The Morgan fingerprint density at radius 1 is 1.15 bits per heavy atom. The lowest BCUT2D eigenvalue weighted by Crippen LogP contribution is -2.31. The van der Waals surface area contributed by atoms with E-state index in [-0.39, 0.29) is 5.91 Å². The third-order valence-electron chi connectivity index (χ3n) is 5.13. The average molecular weight is 363 g/mol. The molecule has 0 saturated carbocycles. The van der Waals surface area contributed by atoms with E-state index < -0.39 is 0 Å². The molecule has 0 spiro atoms. The SMILES string of the molecule is CCc1ccc(NC(=O)c2cnn3c(N4CCCCC4)cc(C)nc23)cc1. The summed E-state index contributed by atoms with van der Waals surface area (Å²) in [6, 6.07) is 9.97. The first-order valence-corrected chi connectivity index (χ1v) is 9.66. The molecule has 0 unspecified atom stereocenters. The number of hydrogen-bond acceptors (Lipinski definition) is 4. The Balaban J connectivity index is 1.65. The number of nitrogens with zero attached hydrogens (tertiary/aromatic N) is 4. The number of hydrogen-bond donors (Lipinski definition) is 1. The van der Waals surface area contributed by atoms with Gasteiger partial charge in [-0.25, -0.2) is 4.98 Å². The second kappa shape index (κ2) is 7.39. The van der Waals surface area contributed by atoms with E-state index in [4.69, 9.17) is 0 Å². The van der Waals surface area contributed by atoms with Crippen molar-refractivity contribution >= 4 is 23.1 Å². The highest BCUT2D eigenvalue weighted by Gasteiger charge is 2.20. The van der Waals surface area contributed by atoms with Crippen LogP contribution >= 0.6 is 0 Å². The van der Waals surface area contributed by atoms with Crippen LogP contribution in [0.25, 0.3) is 5.65 Å². The molecule has 27 heavy (non-hydrogen) atoms. The van der Waals surface area contributed by atoms with E-state index in [1.54, 1.807) is 10.7 Å². The normalized spacial score (nSPS) is 14.5. The number of aromatic nitrogens is 3. The Hall–Kier alpha value is -2.89. The van der Waals surface area contributed by atoms with Crippen LogP contribution in [-0.2, 0) is 6.42 Å². The van der Waals surface area contributed by atoms with E-state index in [0.29, 0.717) is 11.2 Å². The molecule has 2 aromatic heterocycles. The van der Waals surface area contributed by atoms with Crippen molar-refractivity contribution in [1.82, 2.24) is 14.6 Å². The van der Waals surface area contributed by atoms with Crippen molar-refractivity contribution in [1.29, 1.82) is 0 Å². The summed E-state index contributed by atoms with van der Waals surface area (Å²) in [6.07, 6.45) is 6.24. The zero-order chi connectivity index (χ0) is 18.8. The fraction of sp³-hybridized carbons (Fsp3) is 0.381. The van der Waals surface area contributed by atoms with Gasteiger partial charge in [0.05, 0.1) is 6.20 Å². The number of anilines is 2. The molecule has 1 amide bonds. The average Bonchev–Trinajstić information content (AvgIpc) is 3.12. The smallest absolute Gasteiger partial charge is 0.261 e. The Morgan fingerprint density at radius 2 is 1.89 bits per heavy atom. The molecule has 1 aliphatic heterocycles. The molecule has 0 radical (unpaired) electrons. The molecular weight excluding hydrogens is 338 g/mol. The van der Waals surface area contributed by atoms with E-state index in [1.807, 2.05) is 31.2 Å². The summed E-state index contributed by atoms with van der Waals surface area (Å²) >= 11 is 0. The molecule has 0 aliphatic carbocycles. The van der Waals surface area contributed by atoms with Crippen LogP contribution in [0.4, 0.5) is 11.5 Å². The number of fused-ring (bicyclic) bond motifs is 1. The Bertz CT molecular complexity index is 955. The summed E-state index contributed by atoms with van der Waals surface area (Å²) in [7, 11) is 0. The number of rotatable bonds is 4. The van der Waals surface area contributed by atoms with Gasteiger partial charge in [0.2, 0.25) is 0 Å². The molecule has 6 heteroatoms. The van der Waals surface area contributed by atoms with Crippen LogP contribution in [0.2, 0.25) is 0 Å². The van der Waals surface area contributed by atoms with Gasteiger partial charge in [-0.15, -0.1) is 0 Å². The molecule has 0 bridgehead atoms. The van der Waals surface area contributed by atoms with Gasteiger partial charge in [0.25, 0.3) is 5.91 Å². The fourth-order valence-corrected chi connectivity index (χ4v) is 3.60. The second-order valence-corrected chi connectivity index (χ2v) is 7.10. The van der Waals surface area contributed by atoms with Crippen LogP contribution in [0.15, 0.2) is 36.5 Å². The van der Waals surface area contributed by atoms with E-state index in [2.05, 4.69) is 33.3 Å². The summed E-state index contributed by atoms with van der Waals surface area (Å²) < 4.78 is 1.80. The maximum Gasteiger partial charge on any atom is 0.261 e. The van der Waals surface area contributed by atoms with Crippen LogP contribution < -0.4 is 10.2 Å². The van der Waals surface area contributed by atoms with Crippen LogP contribution in [0.1, 0.15) is 47.8 Å². The van der Waals surface area contributed by atoms with Crippen LogP contribution in [0, 0.1) is 6.92 Å². The van der Waals surface area contributed by atoms with Gasteiger partial charge in [0.15, 0.2) is 5.65 Å². The number of carbonyl (C=O) groups is 1. The van der Waals surface area contributed by atoms with Crippen molar-refractivity contribution in [3.05, 3.63) is 53.3 Å². The van der Waals surface area contributed by atoms with Gasteiger partial charge in [0.1, 0.15) is 11.4 Å². The molecule has 1 aromatic carbocycles. The minimum atomic E-state index is -0.183. The molecule has 1 saturated heterocycles. The van der Waals surface area contributed by atoms with E-state index >= 15 is 0 Å². The monoisotopic (exact) mass is 363 g/mol. The van der Waals surface area contributed by atoms with Crippen molar-refractivity contribution in [3.63, 3.8) is 0 Å². The zero-order valence-electron chi connectivity index (χ0n) is 15.9. The number of piperidine rings is 1. The molecule has 1 aliphatic rings. The van der Waals surface area contributed by atoms with E-state index in [9.17, 15) is 4.79 Å². The van der Waals surface area contributed by atoms with Crippen LogP contribution in [0.5, 0.6) is 0 Å². The number of nitrogens with one attached hydrogen (secondary N) is 1. The van der Waals surface area contributed by atoms with Crippen molar-refractivity contribution in [2.24, 2.45) is 0 Å². The second-order valence-electron chi connectivity index (χ2n) is 7.10. The fourth-order valence-electron chi connectivity index (χ4n) is 3.60. The van der Waals surface area contributed by atoms with Gasteiger partial charge in [-0.3, -0.25) is 4.79 Å². The number of benzene rings is 1. The minimum Gasteiger partial charge on any atom is -0.356 e. The molecule has 6 nitrogen and oxygen atoms in total. The third-order valence-corrected chi connectivity index (χ3v) is 5.13. The van der Waals surface area contributed by atoms with Crippen molar-refractivity contribution in [2.75, 3.05) is 23.3 Å². The summed E-state index contributed by atoms with van der Waals surface area (Å²) in [5.41, 5.74) is 4.02. The highest BCUT2D eigenvalue weighted by Crippen LogP contribution is 2.23. The maximum atomic E-state index is 12.8. The van der Waals surface area contributed by atoms with Gasteiger partial charge in [-0.2, -0.15) is 9.61 Å². The molecule has 4 rings (SSSR count). The molecule has 0 atom stereocenters. The summed E-state index contributed by atoms with van der Waals surface area (Å²) in [4.78, 5) is 19.8. The predicted molar refractivity (Wildman–Crippen MR) is 108 cm³/mol. The molecule has 3 heterocycles. The highest BCUT2D eigenvalue weighted by atomic mass is 16.1. The predicted octanol–water partition coefficient (Wildman–Crippen LogP) is 3.84. The molecule has 140 valence electrons. The third kappa shape index (κ3) is 3.52. The highest BCUT2D eigenvalue weighted by molar-refractivity contribution is 6.08. The quantitative estimate of drug-likeness (QED) is 0.765. The van der Waals surface area contributed by atoms with Gasteiger partial charge in [0, 0.05) is 30.5 Å². The summed E-state index contributed by atoms with van der Waals surface area (Å²) in [6.45, 7) is 6.11. The first-order chi connectivity index (χ1) is 13.2. The van der Waals surface area contributed by atoms with Crippen molar-refractivity contribution < 1.29 is 4.79 Å². The van der Waals surface area contributed by atoms with Crippen LogP contribution in [0.3, 0.4) is 0 Å². The van der Waals surface area contributed by atoms with Gasteiger partial charge >= 0.3 is 0 Å². The first kappa shape index (κ1) is 17.5. The standard InChI is InChI=1S/C21H25N5O/c1-3-16-7-9-17(10-8-16)24-21(27)18-14-22-26-19(13-15(2)23-20(18)26)25-11-5-4-6-12-25/h7-10,13-14H,3-6,11-12H2,1-2H3,(H,24,27). The minimum absolute atomic E-state index is 0.183. The lowest BCUT2D eigenvalue weighted by molar-refractivity contribution is 0.102. The Morgan fingerprint density at radius 3 is 2.59 bits per heavy atom. The first-order valence-electron chi connectivity index (χ1n) is 9.66. The van der Waals surface area contributed by atoms with Crippen molar-refractivity contribution in [3.8, 4) is 0 Å². The van der Waals surface area contributed by atoms with E-state index in [0.717, 1.165) is 36.7 Å². The Kier molecular flexibility index (Phi) is 4.79. The zero-order valence-corrected chi connectivity index (χ0v) is 15.9. The van der Waals surface area contributed by atoms with Gasteiger partial charge in [-0.1, -0.05) is 19.1 Å². The molecular formula is C21H25N5O. The Labute approximate surface area is 159 Å². The lowest BCUT2D eigenvalue weighted by atomic mass is 10.1.